The number of benzene rings is 1. The van der Waals surface area contributed by atoms with Gasteiger partial charge in [-0.15, -0.1) is 0 Å². The summed E-state index contributed by atoms with van der Waals surface area (Å²) in [5.74, 6) is 1.02. The molecular formula is C18H28N2O. The zero-order chi connectivity index (χ0) is 14.9. The molecule has 3 nitrogen and oxygen atoms in total. The van der Waals surface area contributed by atoms with Crippen LogP contribution < -0.4 is 10.1 Å². The fourth-order valence-corrected chi connectivity index (χ4v) is 2.49. The van der Waals surface area contributed by atoms with E-state index in [1.165, 1.54) is 17.6 Å². The largest absolute Gasteiger partial charge is 0.492 e. The molecule has 0 fully saturated rings. The summed E-state index contributed by atoms with van der Waals surface area (Å²) in [4.78, 5) is 2.45. The first-order valence-corrected chi connectivity index (χ1v) is 8.09. The van der Waals surface area contributed by atoms with Crippen LogP contribution in [-0.4, -0.2) is 37.7 Å². The van der Waals surface area contributed by atoms with Crippen LogP contribution in [0.1, 0.15) is 32.3 Å². The molecule has 21 heavy (non-hydrogen) atoms. The molecule has 0 aliphatic carbocycles. The van der Waals surface area contributed by atoms with E-state index >= 15 is 0 Å². The summed E-state index contributed by atoms with van der Waals surface area (Å²) >= 11 is 0. The number of hydrogen-bond acceptors (Lipinski definition) is 3. The van der Waals surface area contributed by atoms with Gasteiger partial charge in [0.25, 0.3) is 0 Å². The Morgan fingerprint density at radius 1 is 1.29 bits per heavy atom. The SMILES string of the molecule is CCCNCc1ccccc1OCCN1CC=C(C)CC1. The monoisotopic (exact) mass is 288 g/mol. The fourth-order valence-electron chi connectivity index (χ4n) is 2.49. The van der Waals surface area contributed by atoms with Crippen molar-refractivity contribution in [1.82, 2.24) is 10.2 Å². The molecule has 0 radical (unpaired) electrons. The predicted octanol–water partition coefficient (Wildman–Crippen LogP) is 3.22. The molecule has 0 aromatic heterocycles. The van der Waals surface area contributed by atoms with Crippen molar-refractivity contribution < 1.29 is 4.74 Å². The molecule has 0 saturated carbocycles. The Hall–Kier alpha value is -1.32. The standard InChI is InChI=1S/C18H28N2O/c1-3-10-19-15-17-6-4-5-7-18(17)21-14-13-20-11-8-16(2)9-12-20/h4-8,19H,3,9-15H2,1-2H3. The zero-order valence-electron chi connectivity index (χ0n) is 13.4. The van der Waals surface area contributed by atoms with E-state index < -0.39 is 0 Å². The molecule has 3 heteroatoms. The molecule has 0 bridgehead atoms. The molecule has 1 aliphatic heterocycles. The Bertz CT molecular complexity index is 456. The first kappa shape index (κ1) is 16.1. The van der Waals surface area contributed by atoms with Gasteiger partial charge in [-0.1, -0.05) is 36.8 Å². The van der Waals surface area contributed by atoms with Gasteiger partial charge in [0, 0.05) is 31.7 Å². The summed E-state index contributed by atoms with van der Waals surface area (Å²) in [6, 6.07) is 8.34. The lowest BCUT2D eigenvalue weighted by atomic mass is 10.1. The van der Waals surface area contributed by atoms with Crippen molar-refractivity contribution in [3.05, 3.63) is 41.5 Å². The second-order valence-electron chi connectivity index (χ2n) is 5.73. The van der Waals surface area contributed by atoms with Crippen molar-refractivity contribution in [1.29, 1.82) is 0 Å². The lowest BCUT2D eigenvalue weighted by molar-refractivity contribution is 0.217. The topological polar surface area (TPSA) is 24.5 Å². The minimum Gasteiger partial charge on any atom is -0.492 e. The van der Waals surface area contributed by atoms with Crippen LogP contribution >= 0.6 is 0 Å². The average Bonchev–Trinajstić information content (AvgIpc) is 2.51. The van der Waals surface area contributed by atoms with Crippen molar-refractivity contribution in [2.45, 2.75) is 33.2 Å². The Kier molecular flexibility index (Phi) is 6.77. The van der Waals surface area contributed by atoms with Gasteiger partial charge in [0.05, 0.1) is 0 Å². The summed E-state index contributed by atoms with van der Waals surface area (Å²) in [5.41, 5.74) is 2.76. The van der Waals surface area contributed by atoms with Crippen LogP contribution in [0.25, 0.3) is 0 Å². The number of rotatable bonds is 8. The lowest BCUT2D eigenvalue weighted by Gasteiger charge is -2.25. The maximum Gasteiger partial charge on any atom is 0.123 e. The van der Waals surface area contributed by atoms with Gasteiger partial charge in [0.2, 0.25) is 0 Å². The maximum atomic E-state index is 6.00. The summed E-state index contributed by atoms with van der Waals surface area (Å²) in [6.07, 6.45) is 4.68. The maximum absolute atomic E-state index is 6.00. The number of ether oxygens (including phenoxy) is 1. The molecule has 116 valence electrons. The Labute approximate surface area is 129 Å². The molecule has 1 aliphatic rings. The normalized spacial score (nSPS) is 15.8. The van der Waals surface area contributed by atoms with Gasteiger partial charge in [-0.3, -0.25) is 4.90 Å². The average molecular weight is 288 g/mol. The highest BCUT2D eigenvalue weighted by Gasteiger charge is 2.09. The minimum absolute atomic E-state index is 0.762. The molecule has 2 rings (SSSR count). The van der Waals surface area contributed by atoms with Crippen molar-refractivity contribution in [2.24, 2.45) is 0 Å². The van der Waals surface area contributed by atoms with E-state index in [1.807, 2.05) is 6.07 Å². The Morgan fingerprint density at radius 3 is 2.90 bits per heavy atom. The summed E-state index contributed by atoms with van der Waals surface area (Å²) in [7, 11) is 0. The molecule has 1 N–H and O–H groups in total. The molecule has 0 saturated heterocycles. The predicted molar refractivity (Wildman–Crippen MR) is 88.7 cm³/mol. The molecular weight excluding hydrogens is 260 g/mol. The summed E-state index contributed by atoms with van der Waals surface area (Å²) in [6.45, 7) is 10.3. The molecule has 0 unspecified atom stereocenters. The highest BCUT2D eigenvalue weighted by molar-refractivity contribution is 5.33. The van der Waals surface area contributed by atoms with Gasteiger partial charge in [0.1, 0.15) is 12.4 Å². The van der Waals surface area contributed by atoms with Gasteiger partial charge in [-0.25, -0.2) is 0 Å². The third kappa shape index (κ3) is 5.52. The van der Waals surface area contributed by atoms with Crippen molar-refractivity contribution in [3.63, 3.8) is 0 Å². The lowest BCUT2D eigenvalue weighted by Crippen LogP contribution is -2.32. The van der Waals surface area contributed by atoms with Crippen molar-refractivity contribution in [3.8, 4) is 5.75 Å². The number of hydrogen-bond donors (Lipinski definition) is 1. The third-order valence-electron chi connectivity index (χ3n) is 3.90. The van der Waals surface area contributed by atoms with Crippen LogP contribution in [0.2, 0.25) is 0 Å². The second-order valence-corrected chi connectivity index (χ2v) is 5.73. The Morgan fingerprint density at radius 2 is 2.14 bits per heavy atom. The summed E-state index contributed by atoms with van der Waals surface area (Å²) in [5, 5.41) is 3.44. The van der Waals surface area contributed by atoms with Crippen LogP contribution in [0.15, 0.2) is 35.9 Å². The van der Waals surface area contributed by atoms with Crippen molar-refractivity contribution >= 4 is 0 Å². The highest BCUT2D eigenvalue weighted by Crippen LogP contribution is 2.18. The van der Waals surface area contributed by atoms with E-state index in [-0.39, 0.29) is 0 Å². The third-order valence-corrected chi connectivity index (χ3v) is 3.90. The molecule has 1 heterocycles. The van der Waals surface area contributed by atoms with Gasteiger partial charge in [-0.05, 0) is 32.4 Å². The first-order chi connectivity index (χ1) is 10.3. The van der Waals surface area contributed by atoms with E-state index in [9.17, 15) is 0 Å². The van der Waals surface area contributed by atoms with Crippen LogP contribution in [0.4, 0.5) is 0 Å². The van der Waals surface area contributed by atoms with Gasteiger partial charge >= 0.3 is 0 Å². The van der Waals surface area contributed by atoms with Crippen LogP contribution in [0.5, 0.6) is 5.75 Å². The molecule has 1 aromatic carbocycles. The summed E-state index contributed by atoms with van der Waals surface area (Å²) < 4.78 is 6.00. The highest BCUT2D eigenvalue weighted by atomic mass is 16.5. The number of nitrogens with one attached hydrogen (secondary N) is 1. The first-order valence-electron chi connectivity index (χ1n) is 8.09. The second kappa shape index (κ2) is 8.85. The molecule has 0 spiro atoms. The van der Waals surface area contributed by atoms with Gasteiger partial charge < -0.3 is 10.1 Å². The van der Waals surface area contributed by atoms with Crippen molar-refractivity contribution in [2.75, 3.05) is 32.8 Å². The van der Waals surface area contributed by atoms with Crippen LogP contribution in [0, 0.1) is 0 Å². The number of nitrogens with zero attached hydrogens (tertiary/aromatic N) is 1. The molecule has 1 aromatic rings. The number of para-hydroxylation sites is 1. The van der Waals surface area contributed by atoms with E-state index in [1.54, 1.807) is 0 Å². The minimum atomic E-state index is 0.762. The van der Waals surface area contributed by atoms with E-state index in [4.69, 9.17) is 4.74 Å². The quantitative estimate of drug-likeness (QED) is 0.587. The van der Waals surface area contributed by atoms with E-state index in [0.717, 1.165) is 51.5 Å². The fraction of sp³-hybridized carbons (Fsp3) is 0.556. The van der Waals surface area contributed by atoms with Gasteiger partial charge in [-0.2, -0.15) is 0 Å². The molecule has 0 atom stereocenters. The van der Waals surface area contributed by atoms with Crippen LogP contribution in [0.3, 0.4) is 0 Å². The van der Waals surface area contributed by atoms with E-state index in [0.29, 0.717) is 0 Å². The van der Waals surface area contributed by atoms with Gasteiger partial charge in [0.15, 0.2) is 0 Å². The Balaban J connectivity index is 1.77. The smallest absolute Gasteiger partial charge is 0.123 e. The van der Waals surface area contributed by atoms with Crippen LogP contribution in [-0.2, 0) is 6.54 Å². The zero-order valence-corrected chi connectivity index (χ0v) is 13.4. The molecule has 0 amide bonds. The van der Waals surface area contributed by atoms with E-state index in [2.05, 4.69) is 48.3 Å².